The number of hydrogen-bond donors (Lipinski definition) is 1. The van der Waals surface area contributed by atoms with Crippen LogP contribution in [0.4, 0.5) is 5.13 Å². The Morgan fingerprint density at radius 2 is 2.08 bits per heavy atom. The van der Waals surface area contributed by atoms with Gasteiger partial charge in [0.2, 0.25) is 0 Å². The third-order valence-corrected chi connectivity index (χ3v) is 6.97. The van der Waals surface area contributed by atoms with Crippen molar-refractivity contribution in [2.24, 2.45) is 0 Å². The molecule has 0 aliphatic carbocycles. The van der Waals surface area contributed by atoms with E-state index < -0.39 is 5.97 Å². The molecule has 2 saturated heterocycles. The molecule has 0 radical (unpaired) electrons. The second-order valence-corrected chi connectivity index (χ2v) is 9.07. The van der Waals surface area contributed by atoms with Crippen LogP contribution in [0.2, 0.25) is 5.15 Å². The van der Waals surface area contributed by atoms with Crippen molar-refractivity contribution in [2.45, 2.75) is 32.1 Å². The molecular formula is C16H18ClN3O3S3. The van der Waals surface area contributed by atoms with Crippen molar-refractivity contribution in [1.29, 1.82) is 0 Å². The summed E-state index contributed by atoms with van der Waals surface area (Å²) >= 11 is 14.2. The normalized spacial score (nSPS) is 19.7. The molecule has 3 heterocycles. The van der Waals surface area contributed by atoms with Gasteiger partial charge in [-0.25, -0.2) is 4.98 Å². The Hall–Kier alpha value is -1.16. The molecule has 3 rings (SSSR count). The minimum absolute atomic E-state index is 0.00990. The molecule has 0 atom stereocenters. The van der Waals surface area contributed by atoms with Gasteiger partial charge in [-0.05, 0) is 31.8 Å². The monoisotopic (exact) mass is 431 g/mol. The van der Waals surface area contributed by atoms with Crippen molar-refractivity contribution in [3.63, 3.8) is 0 Å². The van der Waals surface area contributed by atoms with Crippen LogP contribution in [0.5, 0.6) is 0 Å². The summed E-state index contributed by atoms with van der Waals surface area (Å²) in [5.41, 5.74) is 0. The van der Waals surface area contributed by atoms with Gasteiger partial charge in [0.05, 0.1) is 9.78 Å². The van der Waals surface area contributed by atoms with Crippen LogP contribution in [0.25, 0.3) is 6.08 Å². The lowest BCUT2D eigenvalue weighted by Gasteiger charge is -2.25. The molecule has 0 bridgehead atoms. The number of aromatic nitrogens is 1. The number of thioether (sulfide) groups is 1. The zero-order valence-corrected chi connectivity index (χ0v) is 17.1. The highest BCUT2D eigenvalue weighted by molar-refractivity contribution is 8.26. The first-order valence-electron chi connectivity index (χ1n) is 8.34. The van der Waals surface area contributed by atoms with Gasteiger partial charge < -0.3 is 10.0 Å². The zero-order valence-electron chi connectivity index (χ0n) is 13.9. The van der Waals surface area contributed by atoms with Crippen LogP contribution in [-0.2, 0) is 9.59 Å². The van der Waals surface area contributed by atoms with E-state index in [9.17, 15) is 9.59 Å². The largest absolute Gasteiger partial charge is 0.481 e. The Morgan fingerprint density at radius 1 is 1.35 bits per heavy atom. The van der Waals surface area contributed by atoms with E-state index in [0.717, 1.165) is 35.9 Å². The molecule has 1 N–H and O–H groups in total. The van der Waals surface area contributed by atoms with Gasteiger partial charge >= 0.3 is 5.97 Å². The van der Waals surface area contributed by atoms with Crippen LogP contribution >= 0.6 is 46.9 Å². The van der Waals surface area contributed by atoms with Gasteiger partial charge in [0, 0.05) is 26.1 Å². The number of rotatable bonds is 6. The van der Waals surface area contributed by atoms with Crippen LogP contribution < -0.4 is 4.90 Å². The van der Waals surface area contributed by atoms with Crippen molar-refractivity contribution >= 4 is 74.3 Å². The number of amides is 1. The Labute approximate surface area is 170 Å². The first-order chi connectivity index (χ1) is 12.5. The van der Waals surface area contributed by atoms with Crippen molar-refractivity contribution in [2.75, 3.05) is 24.5 Å². The van der Waals surface area contributed by atoms with Crippen LogP contribution in [0, 0.1) is 0 Å². The molecule has 2 fully saturated rings. The number of halogens is 1. The third kappa shape index (κ3) is 4.57. The number of nitrogens with zero attached hydrogens (tertiary/aromatic N) is 3. The number of carbonyl (C=O) groups is 2. The zero-order chi connectivity index (χ0) is 18.7. The summed E-state index contributed by atoms with van der Waals surface area (Å²) in [6, 6.07) is 0. The maximum Gasteiger partial charge on any atom is 0.303 e. The lowest BCUT2D eigenvalue weighted by Crippen LogP contribution is -2.29. The van der Waals surface area contributed by atoms with Gasteiger partial charge in [-0.1, -0.05) is 46.9 Å². The van der Waals surface area contributed by atoms with Crippen molar-refractivity contribution in [1.82, 2.24) is 9.88 Å². The molecule has 140 valence electrons. The fourth-order valence-corrected chi connectivity index (χ4v) is 5.43. The van der Waals surface area contributed by atoms with Gasteiger partial charge in [0.25, 0.3) is 5.91 Å². The quantitative estimate of drug-likeness (QED) is 0.541. The van der Waals surface area contributed by atoms with Crippen molar-refractivity contribution in [3.05, 3.63) is 14.9 Å². The van der Waals surface area contributed by atoms with E-state index in [0.29, 0.717) is 27.3 Å². The molecule has 0 unspecified atom stereocenters. The number of thiocarbonyl (C=S) groups is 1. The van der Waals surface area contributed by atoms with E-state index >= 15 is 0 Å². The SMILES string of the molecule is O=C(O)CCCN1C(=O)C(=Cc2sc(N3CCCCC3)nc2Cl)SC1=S. The standard InChI is InChI=1S/C16H18ClN3O3S3/c17-13-10(25-15(18-13)19-6-2-1-3-7-19)9-11-14(23)20(16(24)26-11)8-4-5-12(21)22/h9H,1-8H2,(H,21,22). The second kappa shape index (κ2) is 8.69. The third-order valence-electron chi connectivity index (χ3n) is 4.13. The molecule has 1 aromatic rings. The lowest BCUT2D eigenvalue weighted by molar-refractivity contribution is -0.137. The Bertz CT molecular complexity index is 759. The van der Waals surface area contributed by atoms with Crippen LogP contribution in [0.3, 0.4) is 0 Å². The number of carbonyl (C=O) groups excluding carboxylic acids is 1. The topological polar surface area (TPSA) is 73.7 Å². The van der Waals surface area contributed by atoms with Gasteiger partial charge in [-0.3, -0.25) is 14.5 Å². The Morgan fingerprint density at radius 3 is 2.77 bits per heavy atom. The second-order valence-electron chi connectivity index (χ2n) is 6.03. The smallest absolute Gasteiger partial charge is 0.303 e. The van der Waals surface area contributed by atoms with Gasteiger partial charge in [-0.2, -0.15) is 0 Å². The molecule has 6 nitrogen and oxygen atoms in total. The van der Waals surface area contributed by atoms with Gasteiger partial charge in [0.1, 0.15) is 9.47 Å². The molecule has 1 amide bonds. The Kier molecular flexibility index (Phi) is 6.55. The van der Waals surface area contributed by atoms with Gasteiger partial charge in [0.15, 0.2) is 5.13 Å². The summed E-state index contributed by atoms with van der Waals surface area (Å²) in [4.78, 5) is 32.6. The maximum absolute atomic E-state index is 12.5. The first kappa shape index (κ1) is 19.6. The van der Waals surface area contributed by atoms with E-state index in [1.807, 2.05) is 0 Å². The highest BCUT2D eigenvalue weighted by atomic mass is 35.5. The highest BCUT2D eigenvalue weighted by Crippen LogP contribution is 2.37. The molecule has 2 aliphatic rings. The fraction of sp³-hybridized carbons (Fsp3) is 0.500. The van der Waals surface area contributed by atoms with Crippen LogP contribution in [0.1, 0.15) is 37.0 Å². The summed E-state index contributed by atoms with van der Waals surface area (Å²) < 4.78 is 0.448. The maximum atomic E-state index is 12.5. The van der Waals surface area contributed by atoms with Gasteiger partial charge in [-0.15, -0.1) is 0 Å². The number of aliphatic carboxylic acids is 1. The minimum Gasteiger partial charge on any atom is -0.481 e. The Balaban J connectivity index is 1.71. The summed E-state index contributed by atoms with van der Waals surface area (Å²) in [7, 11) is 0. The van der Waals surface area contributed by atoms with Crippen molar-refractivity contribution in [3.8, 4) is 0 Å². The number of carboxylic acid groups (broad SMARTS) is 1. The van der Waals surface area contributed by atoms with Crippen LogP contribution in [-0.4, -0.2) is 50.8 Å². The minimum atomic E-state index is -0.882. The van der Waals surface area contributed by atoms with E-state index in [-0.39, 0.29) is 12.3 Å². The van der Waals surface area contributed by atoms with Crippen molar-refractivity contribution < 1.29 is 14.7 Å². The molecule has 0 saturated carbocycles. The highest BCUT2D eigenvalue weighted by Gasteiger charge is 2.32. The summed E-state index contributed by atoms with van der Waals surface area (Å²) in [5, 5.41) is 10.0. The lowest BCUT2D eigenvalue weighted by atomic mass is 10.1. The average Bonchev–Trinajstić information content (AvgIpc) is 3.10. The average molecular weight is 432 g/mol. The van der Waals surface area contributed by atoms with E-state index in [1.165, 1.54) is 34.4 Å². The predicted octanol–water partition coefficient (Wildman–Crippen LogP) is 3.85. The predicted molar refractivity (Wildman–Crippen MR) is 110 cm³/mol. The first-order valence-corrected chi connectivity index (χ1v) is 10.8. The number of thiazole rings is 1. The molecule has 0 spiro atoms. The summed E-state index contributed by atoms with van der Waals surface area (Å²) in [6.45, 7) is 2.27. The fourth-order valence-electron chi connectivity index (χ4n) is 2.81. The van der Waals surface area contributed by atoms with E-state index in [1.54, 1.807) is 6.08 Å². The molecule has 2 aliphatic heterocycles. The molecular weight excluding hydrogens is 414 g/mol. The van der Waals surface area contributed by atoms with Crippen LogP contribution in [0.15, 0.2) is 4.91 Å². The number of piperidine rings is 1. The van der Waals surface area contributed by atoms with E-state index in [4.69, 9.17) is 28.9 Å². The summed E-state index contributed by atoms with van der Waals surface area (Å²) in [5.74, 6) is -1.08. The number of hydrogen-bond acceptors (Lipinski definition) is 7. The molecule has 0 aromatic carbocycles. The number of anilines is 1. The number of carboxylic acids is 1. The van der Waals surface area contributed by atoms with E-state index in [2.05, 4.69) is 9.88 Å². The molecule has 1 aromatic heterocycles. The molecule has 10 heteroatoms. The summed E-state index contributed by atoms with van der Waals surface area (Å²) in [6.07, 6.45) is 5.67. The molecule has 26 heavy (non-hydrogen) atoms.